The first-order valence-electron chi connectivity index (χ1n) is 10.3. The van der Waals surface area contributed by atoms with Gasteiger partial charge in [0.25, 0.3) is 11.7 Å². The summed E-state index contributed by atoms with van der Waals surface area (Å²) in [4.78, 5) is 27.4. The number of aromatic hydroxyl groups is 1. The second-order valence-corrected chi connectivity index (χ2v) is 8.32. The van der Waals surface area contributed by atoms with E-state index in [2.05, 4.69) is 15.9 Å². The quantitative estimate of drug-likeness (QED) is 0.241. The van der Waals surface area contributed by atoms with Crippen LogP contribution in [0, 0.1) is 6.92 Å². The van der Waals surface area contributed by atoms with E-state index in [0.29, 0.717) is 30.8 Å². The smallest absolute Gasteiger partial charge is 0.295 e. The number of phenols is 1. The number of rotatable bonds is 8. The molecule has 0 aliphatic carbocycles. The normalized spacial score (nSPS) is 17.8. The summed E-state index contributed by atoms with van der Waals surface area (Å²) in [7, 11) is 1.57. The summed E-state index contributed by atoms with van der Waals surface area (Å²) >= 11 is 3.43. The van der Waals surface area contributed by atoms with Crippen LogP contribution >= 0.6 is 15.9 Å². The number of carbonyl (C=O) groups excluding carboxylic acids is 2. The van der Waals surface area contributed by atoms with Crippen molar-refractivity contribution in [1.29, 1.82) is 0 Å². The first-order chi connectivity index (χ1) is 15.3. The molecule has 1 heterocycles. The fraction of sp³-hybridized carbons (Fsp3) is 0.333. The Morgan fingerprint density at radius 1 is 1.19 bits per heavy atom. The highest BCUT2D eigenvalue weighted by Gasteiger charge is 2.46. The van der Waals surface area contributed by atoms with Crippen molar-refractivity contribution >= 4 is 33.4 Å². The number of hydrogen-bond donors (Lipinski definition) is 2. The van der Waals surface area contributed by atoms with Crippen LogP contribution in [0.15, 0.2) is 46.4 Å². The van der Waals surface area contributed by atoms with Crippen molar-refractivity contribution in [2.75, 3.05) is 26.9 Å². The Balaban J connectivity index is 2.17. The van der Waals surface area contributed by atoms with E-state index in [4.69, 9.17) is 9.47 Å². The van der Waals surface area contributed by atoms with Gasteiger partial charge in [-0.25, -0.2) is 0 Å². The largest absolute Gasteiger partial charge is 0.507 e. The summed E-state index contributed by atoms with van der Waals surface area (Å²) in [6.45, 7) is 4.68. The summed E-state index contributed by atoms with van der Waals surface area (Å²) in [6, 6.07) is 9.06. The fourth-order valence-electron chi connectivity index (χ4n) is 3.76. The van der Waals surface area contributed by atoms with Crippen LogP contribution in [0.2, 0.25) is 0 Å². The summed E-state index contributed by atoms with van der Waals surface area (Å²) < 4.78 is 11.5. The lowest BCUT2D eigenvalue weighted by atomic mass is 9.94. The molecule has 0 radical (unpaired) electrons. The van der Waals surface area contributed by atoms with Gasteiger partial charge in [-0.3, -0.25) is 9.59 Å². The maximum Gasteiger partial charge on any atom is 0.295 e. The molecule has 7 nitrogen and oxygen atoms in total. The number of amides is 1. The van der Waals surface area contributed by atoms with Gasteiger partial charge in [0, 0.05) is 30.3 Å². The number of aliphatic hydroxyl groups is 1. The summed E-state index contributed by atoms with van der Waals surface area (Å²) in [6.07, 6.45) is 0.522. The minimum Gasteiger partial charge on any atom is -0.507 e. The molecule has 3 rings (SSSR count). The maximum atomic E-state index is 13.0. The Morgan fingerprint density at radius 3 is 2.59 bits per heavy atom. The number of phenolic OH excluding ortho intramolecular Hbond substituents is 1. The molecular formula is C24H26BrNO6. The van der Waals surface area contributed by atoms with E-state index in [0.717, 1.165) is 10.0 Å². The molecule has 0 spiro atoms. The Morgan fingerprint density at radius 2 is 1.94 bits per heavy atom. The number of Topliss-reactive ketones (excluding diaryl/α,β-unsaturated/α-hetero) is 1. The van der Waals surface area contributed by atoms with Gasteiger partial charge >= 0.3 is 0 Å². The van der Waals surface area contributed by atoms with Crippen molar-refractivity contribution in [1.82, 2.24) is 4.90 Å². The first kappa shape index (κ1) is 23.8. The van der Waals surface area contributed by atoms with Crippen LogP contribution in [0.4, 0.5) is 0 Å². The van der Waals surface area contributed by atoms with E-state index in [1.807, 2.05) is 6.92 Å². The summed E-state index contributed by atoms with van der Waals surface area (Å²) in [5, 5.41) is 21.2. The third kappa shape index (κ3) is 4.66. The molecule has 170 valence electrons. The zero-order valence-corrected chi connectivity index (χ0v) is 19.8. The van der Waals surface area contributed by atoms with Gasteiger partial charge in [0.1, 0.15) is 5.76 Å². The van der Waals surface area contributed by atoms with E-state index in [9.17, 15) is 19.8 Å². The zero-order valence-electron chi connectivity index (χ0n) is 18.2. The number of aliphatic hydroxyl groups excluding tert-OH is 1. The van der Waals surface area contributed by atoms with Gasteiger partial charge in [0.2, 0.25) is 0 Å². The van der Waals surface area contributed by atoms with Crippen molar-refractivity contribution in [2.45, 2.75) is 26.3 Å². The van der Waals surface area contributed by atoms with Gasteiger partial charge in [-0.2, -0.15) is 0 Å². The highest BCUT2D eigenvalue weighted by molar-refractivity contribution is 9.10. The molecule has 1 atom stereocenters. The summed E-state index contributed by atoms with van der Waals surface area (Å²) in [5.41, 5.74) is 1.87. The number of benzene rings is 2. The van der Waals surface area contributed by atoms with Crippen molar-refractivity contribution < 1.29 is 29.3 Å². The molecule has 1 unspecified atom stereocenters. The molecular weight excluding hydrogens is 478 g/mol. The maximum absolute atomic E-state index is 13.0. The fourth-order valence-corrected chi connectivity index (χ4v) is 4.00. The SMILES string of the molecule is CCOc1cc(C2/C(=C(/O)c3ccc(Br)c(C)c3)C(=O)C(=O)N2CCCOC)ccc1O. The van der Waals surface area contributed by atoms with Crippen LogP contribution in [0.3, 0.4) is 0 Å². The average Bonchev–Trinajstić information content (AvgIpc) is 3.02. The molecule has 2 N–H and O–H groups in total. The lowest BCUT2D eigenvalue weighted by Crippen LogP contribution is -2.31. The number of ether oxygens (including phenoxy) is 2. The Bertz CT molecular complexity index is 1060. The van der Waals surface area contributed by atoms with E-state index >= 15 is 0 Å². The number of ketones is 1. The minimum atomic E-state index is -0.824. The van der Waals surface area contributed by atoms with Crippen LogP contribution in [0.5, 0.6) is 11.5 Å². The number of hydrogen-bond acceptors (Lipinski definition) is 6. The molecule has 8 heteroatoms. The molecule has 32 heavy (non-hydrogen) atoms. The van der Waals surface area contributed by atoms with Gasteiger partial charge < -0.3 is 24.6 Å². The number of aryl methyl sites for hydroxylation is 1. The van der Waals surface area contributed by atoms with E-state index in [-0.39, 0.29) is 29.4 Å². The number of likely N-dealkylation sites (tertiary alicyclic amines) is 1. The van der Waals surface area contributed by atoms with Crippen LogP contribution in [0.25, 0.3) is 5.76 Å². The zero-order chi connectivity index (χ0) is 23.4. The number of halogens is 1. The average molecular weight is 504 g/mol. The second-order valence-electron chi connectivity index (χ2n) is 7.46. The van der Waals surface area contributed by atoms with Crippen LogP contribution in [-0.4, -0.2) is 53.7 Å². The number of nitrogens with zero attached hydrogens (tertiary/aromatic N) is 1. The van der Waals surface area contributed by atoms with Crippen molar-refractivity contribution in [3.05, 3.63) is 63.1 Å². The topological polar surface area (TPSA) is 96.3 Å². The third-order valence-corrected chi connectivity index (χ3v) is 6.21. The highest BCUT2D eigenvalue weighted by atomic mass is 79.9. The van der Waals surface area contributed by atoms with Crippen LogP contribution in [0.1, 0.15) is 36.1 Å². The summed E-state index contributed by atoms with van der Waals surface area (Å²) in [5.74, 6) is -1.49. The third-order valence-electron chi connectivity index (χ3n) is 5.32. The highest BCUT2D eigenvalue weighted by Crippen LogP contribution is 2.42. The number of methoxy groups -OCH3 is 1. The van der Waals surface area contributed by atoms with Gasteiger partial charge in [-0.05, 0) is 55.7 Å². The molecule has 1 fully saturated rings. The molecule has 1 aliphatic rings. The molecule has 0 aromatic heterocycles. The molecule has 2 aromatic rings. The van der Waals surface area contributed by atoms with Crippen LogP contribution < -0.4 is 4.74 Å². The van der Waals surface area contributed by atoms with Crippen molar-refractivity contribution in [3.63, 3.8) is 0 Å². The molecule has 1 saturated heterocycles. The second kappa shape index (κ2) is 10.2. The molecule has 1 amide bonds. The molecule has 0 bridgehead atoms. The number of carbonyl (C=O) groups is 2. The van der Waals surface area contributed by atoms with Crippen molar-refractivity contribution in [2.24, 2.45) is 0 Å². The van der Waals surface area contributed by atoms with E-state index < -0.39 is 17.7 Å². The Labute approximate surface area is 195 Å². The van der Waals surface area contributed by atoms with E-state index in [1.54, 1.807) is 44.4 Å². The first-order valence-corrected chi connectivity index (χ1v) is 11.1. The predicted octanol–water partition coefficient (Wildman–Crippen LogP) is 4.32. The lowest BCUT2D eigenvalue weighted by Gasteiger charge is -2.25. The van der Waals surface area contributed by atoms with Gasteiger partial charge in [0.15, 0.2) is 11.5 Å². The molecule has 1 aliphatic heterocycles. The van der Waals surface area contributed by atoms with Crippen LogP contribution in [-0.2, 0) is 14.3 Å². The standard InChI is InChI=1S/C24H26BrNO6/c1-4-32-19-13-15(7-9-18(19)27)21-20(22(28)16-6-8-17(25)14(2)12-16)23(29)24(30)26(21)10-5-11-31-3/h6-9,12-13,21,27-28H,4-5,10-11H2,1-3H3/b22-20-. The van der Waals surface area contributed by atoms with Gasteiger partial charge in [0.05, 0.1) is 18.2 Å². The monoisotopic (exact) mass is 503 g/mol. The lowest BCUT2D eigenvalue weighted by molar-refractivity contribution is -0.140. The van der Waals surface area contributed by atoms with Gasteiger partial charge in [-0.1, -0.05) is 28.1 Å². The Hall–Kier alpha value is -2.84. The predicted molar refractivity (Wildman–Crippen MR) is 124 cm³/mol. The van der Waals surface area contributed by atoms with E-state index in [1.165, 1.54) is 11.0 Å². The minimum absolute atomic E-state index is 0.00211. The Kier molecular flexibility index (Phi) is 7.58. The van der Waals surface area contributed by atoms with Gasteiger partial charge in [-0.15, -0.1) is 0 Å². The van der Waals surface area contributed by atoms with Crippen molar-refractivity contribution in [3.8, 4) is 11.5 Å². The molecule has 2 aromatic carbocycles. The molecule has 0 saturated carbocycles.